The predicted octanol–water partition coefficient (Wildman–Crippen LogP) is 1.78. The highest BCUT2D eigenvalue weighted by molar-refractivity contribution is 7.85. The Kier molecular flexibility index (Phi) is 5.39. The van der Waals surface area contributed by atoms with E-state index in [0.717, 1.165) is 12.1 Å². The zero-order valence-corrected chi connectivity index (χ0v) is 15.7. The summed E-state index contributed by atoms with van der Waals surface area (Å²) in [4.78, 5) is 40.3. The Morgan fingerprint density at radius 3 is 2.34 bits per heavy atom. The van der Waals surface area contributed by atoms with E-state index in [2.05, 4.69) is 25.5 Å². The van der Waals surface area contributed by atoms with E-state index in [1.165, 1.54) is 25.1 Å². The van der Waals surface area contributed by atoms with Gasteiger partial charge in [0.1, 0.15) is 0 Å². The van der Waals surface area contributed by atoms with Crippen LogP contribution in [0.25, 0.3) is 11.0 Å². The number of hydrogen-bond acceptors (Lipinski definition) is 7. The van der Waals surface area contributed by atoms with Gasteiger partial charge in [-0.05, 0) is 49.4 Å². The lowest BCUT2D eigenvalue weighted by Gasteiger charge is -2.09. The molecular weight excluding hydrogens is 402 g/mol. The topological polar surface area (TPSA) is 174 Å². The van der Waals surface area contributed by atoms with Gasteiger partial charge in [0, 0.05) is 5.69 Å². The summed E-state index contributed by atoms with van der Waals surface area (Å²) in [5, 5.41) is 10.0. The number of Topliss-reactive ketones (excluding diaryl/α,β-unsaturated/α-hetero) is 1. The van der Waals surface area contributed by atoms with Crippen molar-refractivity contribution < 1.29 is 22.6 Å². The van der Waals surface area contributed by atoms with Crippen molar-refractivity contribution in [3.63, 3.8) is 0 Å². The number of carbonyl (C=O) groups is 2. The molecule has 0 aliphatic carbocycles. The van der Waals surface area contributed by atoms with Gasteiger partial charge >= 0.3 is 5.69 Å². The van der Waals surface area contributed by atoms with Crippen molar-refractivity contribution in [1.29, 1.82) is 0 Å². The van der Waals surface area contributed by atoms with Gasteiger partial charge in [0.25, 0.3) is 16.0 Å². The van der Waals surface area contributed by atoms with E-state index in [-0.39, 0.29) is 16.3 Å². The molecule has 0 radical (unpaired) electrons. The molecule has 0 bridgehead atoms. The zero-order valence-electron chi connectivity index (χ0n) is 14.9. The summed E-state index contributed by atoms with van der Waals surface area (Å²) in [6.45, 7) is 1.18. The number of anilines is 1. The number of nitrogens with one attached hydrogen (secondary N) is 3. The number of hydrogen-bond donors (Lipinski definition) is 4. The molecule has 1 heterocycles. The largest absolute Gasteiger partial charge is 0.324 e. The molecule has 1 unspecified atom stereocenters. The average Bonchev–Trinajstić information content (AvgIpc) is 3.00. The van der Waals surface area contributed by atoms with Gasteiger partial charge in [-0.2, -0.15) is 18.6 Å². The molecular formula is C17H15N5O6S. The molecule has 3 rings (SSSR count). The Hall–Kier alpha value is -3.64. The second-order valence-corrected chi connectivity index (χ2v) is 7.45. The molecule has 12 heteroatoms. The zero-order chi connectivity index (χ0) is 21.2. The van der Waals surface area contributed by atoms with Crippen LogP contribution in [0.2, 0.25) is 0 Å². The number of aromatic nitrogens is 2. The van der Waals surface area contributed by atoms with Gasteiger partial charge in [-0.3, -0.25) is 14.1 Å². The minimum absolute atomic E-state index is 0.183. The second-order valence-electron chi connectivity index (χ2n) is 6.03. The standard InChI is InChI=1S/C17H15N5O6S/c1-9(23)15(22-21-10-2-5-12(6-3-10)29(26,27)28)16(24)18-11-4-7-13-14(8-11)20-17(25)19-13/h2-8,15H,1H3,(H,18,24)(H2,19,20,25)(H,26,27,28)/b22-21+. The number of rotatable bonds is 6. The Balaban J connectivity index is 1.77. The van der Waals surface area contributed by atoms with Crippen molar-refractivity contribution >= 4 is 44.2 Å². The van der Waals surface area contributed by atoms with Crippen molar-refractivity contribution in [3.05, 3.63) is 52.9 Å². The van der Waals surface area contributed by atoms with Crippen molar-refractivity contribution in [2.75, 3.05) is 5.32 Å². The molecule has 0 saturated carbocycles. The maximum Gasteiger partial charge on any atom is 0.323 e. The second kappa shape index (κ2) is 7.77. The van der Waals surface area contributed by atoms with Crippen molar-refractivity contribution in [2.45, 2.75) is 17.9 Å². The van der Waals surface area contributed by atoms with Crippen LogP contribution < -0.4 is 11.0 Å². The molecule has 0 spiro atoms. The van der Waals surface area contributed by atoms with E-state index in [1.54, 1.807) is 12.1 Å². The highest BCUT2D eigenvalue weighted by Gasteiger charge is 2.23. The monoisotopic (exact) mass is 417 g/mol. The van der Waals surface area contributed by atoms with E-state index in [4.69, 9.17) is 4.55 Å². The first kappa shape index (κ1) is 20.1. The van der Waals surface area contributed by atoms with E-state index >= 15 is 0 Å². The summed E-state index contributed by atoms with van der Waals surface area (Å²) in [6, 6.07) is 7.97. The van der Waals surface area contributed by atoms with Gasteiger partial charge in [-0.25, -0.2) is 4.79 Å². The Morgan fingerprint density at radius 2 is 1.72 bits per heavy atom. The molecule has 0 aliphatic heterocycles. The summed E-state index contributed by atoms with van der Waals surface area (Å²) < 4.78 is 31.0. The van der Waals surface area contributed by atoms with E-state index in [0.29, 0.717) is 16.7 Å². The van der Waals surface area contributed by atoms with Crippen LogP contribution in [0.3, 0.4) is 0 Å². The number of ketones is 1. The van der Waals surface area contributed by atoms with Crippen LogP contribution in [-0.4, -0.2) is 40.7 Å². The smallest absolute Gasteiger partial charge is 0.323 e. The molecule has 1 amide bonds. The number of benzene rings is 2. The fourth-order valence-corrected chi connectivity index (χ4v) is 2.93. The molecule has 0 aliphatic rings. The predicted molar refractivity (Wildman–Crippen MR) is 103 cm³/mol. The first-order chi connectivity index (χ1) is 13.6. The summed E-state index contributed by atoms with van der Waals surface area (Å²) >= 11 is 0. The molecule has 3 aromatic rings. The van der Waals surface area contributed by atoms with Crippen LogP contribution in [0.1, 0.15) is 6.92 Å². The third kappa shape index (κ3) is 4.80. The van der Waals surface area contributed by atoms with Crippen molar-refractivity contribution in [2.24, 2.45) is 10.2 Å². The lowest BCUT2D eigenvalue weighted by molar-refractivity contribution is -0.126. The first-order valence-electron chi connectivity index (χ1n) is 8.15. The Morgan fingerprint density at radius 1 is 1.07 bits per heavy atom. The third-order valence-corrected chi connectivity index (χ3v) is 4.71. The molecule has 1 aromatic heterocycles. The highest BCUT2D eigenvalue weighted by atomic mass is 32.2. The lowest BCUT2D eigenvalue weighted by Crippen LogP contribution is -2.31. The maximum atomic E-state index is 12.4. The number of fused-ring (bicyclic) bond motifs is 1. The average molecular weight is 417 g/mol. The maximum absolute atomic E-state index is 12.4. The fourth-order valence-electron chi connectivity index (χ4n) is 2.45. The quantitative estimate of drug-likeness (QED) is 0.270. The summed E-state index contributed by atoms with van der Waals surface area (Å²) in [7, 11) is -4.34. The molecule has 2 aromatic carbocycles. The molecule has 29 heavy (non-hydrogen) atoms. The van der Waals surface area contributed by atoms with Crippen LogP contribution in [-0.2, 0) is 19.7 Å². The SMILES string of the molecule is CC(=O)C(/N=N/c1ccc(S(=O)(=O)O)cc1)C(=O)Nc1ccc2[nH]c(=O)[nH]c2c1. The fraction of sp³-hybridized carbons (Fsp3) is 0.118. The van der Waals surface area contributed by atoms with Gasteiger partial charge in [0.2, 0.25) is 6.04 Å². The van der Waals surface area contributed by atoms with Gasteiger partial charge < -0.3 is 15.3 Å². The number of imidazole rings is 1. The number of azo groups is 1. The molecule has 1 atom stereocenters. The van der Waals surface area contributed by atoms with Crippen LogP contribution in [0, 0.1) is 0 Å². The van der Waals surface area contributed by atoms with Gasteiger partial charge in [-0.1, -0.05) is 0 Å². The molecule has 0 fully saturated rings. The third-order valence-electron chi connectivity index (χ3n) is 3.84. The van der Waals surface area contributed by atoms with E-state index in [1.807, 2.05) is 0 Å². The Bertz CT molecular complexity index is 1270. The van der Waals surface area contributed by atoms with Crippen molar-refractivity contribution in [3.8, 4) is 0 Å². The van der Waals surface area contributed by atoms with Crippen LogP contribution >= 0.6 is 0 Å². The number of nitrogens with zero attached hydrogens (tertiary/aromatic N) is 2. The summed E-state index contributed by atoms with van der Waals surface area (Å²) in [6.07, 6.45) is 0. The highest BCUT2D eigenvalue weighted by Crippen LogP contribution is 2.18. The number of H-pyrrole nitrogens is 2. The van der Waals surface area contributed by atoms with E-state index < -0.39 is 27.9 Å². The van der Waals surface area contributed by atoms with Crippen LogP contribution in [0.4, 0.5) is 11.4 Å². The normalized spacial score (nSPS) is 12.9. The number of aromatic amines is 2. The van der Waals surface area contributed by atoms with E-state index in [9.17, 15) is 22.8 Å². The summed E-state index contributed by atoms with van der Waals surface area (Å²) in [5.74, 6) is -1.29. The number of carbonyl (C=O) groups excluding carboxylic acids is 2. The van der Waals surface area contributed by atoms with Gasteiger partial charge in [0.15, 0.2) is 5.78 Å². The van der Waals surface area contributed by atoms with Crippen LogP contribution in [0.5, 0.6) is 0 Å². The minimum atomic E-state index is -4.34. The number of amides is 1. The molecule has 150 valence electrons. The Labute approximate surface area is 163 Å². The molecule has 11 nitrogen and oxygen atoms in total. The first-order valence-corrected chi connectivity index (χ1v) is 9.59. The summed E-state index contributed by atoms with van der Waals surface area (Å²) in [5.41, 5.74) is 1.18. The molecule has 4 N–H and O–H groups in total. The molecule has 0 saturated heterocycles. The van der Waals surface area contributed by atoms with Crippen LogP contribution in [0.15, 0.2) is 62.4 Å². The van der Waals surface area contributed by atoms with Gasteiger partial charge in [0.05, 0.1) is 21.6 Å². The van der Waals surface area contributed by atoms with Gasteiger partial charge in [-0.15, -0.1) is 0 Å². The van der Waals surface area contributed by atoms with Crippen molar-refractivity contribution in [1.82, 2.24) is 9.97 Å². The lowest BCUT2D eigenvalue weighted by atomic mass is 10.2. The minimum Gasteiger partial charge on any atom is -0.324 e.